The molecule has 0 saturated heterocycles. The Hall–Kier alpha value is -4.21. The molecule has 0 spiro atoms. The SMILES string of the molecule is C[C@@](CCCn1ccnc1[N+](=O)[O-])(NC(=O)OCC1c2ccccc2-c2ccccc21)C(=O)O. The van der Waals surface area contributed by atoms with Crippen LogP contribution in [-0.4, -0.2) is 43.8 Å². The Balaban J connectivity index is 1.38. The quantitative estimate of drug-likeness (QED) is 0.361. The molecule has 1 atom stereocenters. The van der Waals surface area contributed by atoms with Gasteiger partial charge in [-0.2, -0.15) is 0 Å². The third-order valence-corrected chi connectivity index (χ3v) is 6.13. The molecule has 0 aliphatic heterocycles. The number of carbonyl (C=O) groups is 2. The molecule has 1 heterocycles. The number of nitrogens with one attached hydrogen (secondary N) is 1. The Morgan fingerprint density at radius 1 is 1.18 bits per heavy atom. The second kappa shape index (κ2) is 9.34. The summed E-state index contributed by atoms with van der Waals surface area (Å²) in [5.74, 6) is -1.68. The number of fused-ring (bicyclic) bond motifs is 3. The minimum Gasteiger partial charge on any atom is -0.480 e. The molecule has 2 N–H and O–H groups in total. The highest BCUT2D eigenvalue weighted by molar-refractivity contribution is 5.84. The summed E-state index contributed by atoms with van der Waals surface area (Å²) < 4.78 is 6.80. The molecule has 1 aliphatic carbocycles. The predicted octanol–water partition coefficient (Wildman–Crippen LogP) is 3.95. The van der Waals surface area contributed by atoms with Crippen LogP contribution >= 0.6 is 0 Å². The van der Waals surface area contributed by atoms with Crippen LogP contribution in [0.1, 0.15) is 36.8 Å². The van der Waals surface area contributed by atoms with Crippen LogP contribution in [0.2, 0.25) is 0 Å². The molecule has 0 bridgehead atoms. The highest BCUT2D eigenvalue weighted by Gasteiger charge is 2.36. The zero-order valence-electron chi connectivity index (χ0n) is 18.5. The largest absolute Gasteiger partial charge is 0.480 e. The average molecular weight is 464 g/mol. The summed E-state index contributed by atoms with van der Waals surface area (Å²) in [6.45, 7) is 1.64. The topological polar surface area (TPSA) is 137 Å². The van der Waals surface area contributed by atoms with Gasteiger partial charge in [-0.25, -0.2) is 14.2 Å². The van der Waals surface area contributed by atoms with E-state index in [1.54, 1.807) is 0 Å². The van der Waals surface area contributed by atoms with Gasteiger partial charge in [-0.15, -0.1) is 0 Å². The number of aryl methyl sites for hydroxylation is 1. The number of imidazole rings is 1. The number of nitro groups is 1. The fraction of sp³-hybridized carbons (Fsp3) is 0.292. The number of alkyl carbamates (subject to hydrolysis) is 1. The van der Waals surface area contributed by atoms with Crippen molar-refractivity contribution >= 4 is 18.0 Å². The lowest BCUT2D eigenvalue weighted by molar-refractivity contribution is -0.396. The fourth-order valence-corrected chi connectivity index (χ4v) is 4.33. The second-order valence-electron chi connectivity index (χ2n) is 8.37. The van der Waals surface area contributed by atoms with E-state index in [1.165, 1.54) is 23.9 Å². The maximum atomic E-state index is 12.6. The lowest BCUT2D eigenvalue weighted by Gasteiger charge is -2.26. The number of carboxylic acid groups (broad SMARTS) is 1. The van der Waals surface area contributed by atoms with E-state index >= 15 is 0 Å². The van der Waals surface area contributed by atoms with Gasteiger partial charge in [0.25, 0.3) is 0 Å². The van der Waals surface area contributed by atoms with Crippen LogP contribution < -0.4 is 5.32 Å². The van der Waals surface area contributed by atoms with Gasteiger partial charge in [-0.3, -0.25) is 0 Å². The summed E-state index contributed by atoms with van der Waals surface area (Å²) in [6, 6.07) is 15.8. The summed E-state index contributed by atoms with van der Waals surface area (Å²) in [5, 5.41) is 23.2. The van der Waals surface area contributed by atoms with Gasteiger partial charge in [0.1, 0.15) is 24.5 Å². The molecule has 0 saturated carbocycles. The van der Waals surface area contributed by atoms with Crippen molar-refractivity contribution < 1.29 is 24.4 Å². The van der Waals surface area contributed by atoms with Crippen LogP contribution in [0.3, 0.4) is 0 Å². The van der Waals surface area contributed by atoms with E-state index in [0.29, 0.717) is 0 Å². The number of hydrogen-bond donors (Lipinski definition) is 2. The van der Waals surface area contributed by atoms with Crippen LogP contribution in [0, 0.1) is 10.1 Å². The van der Waals surface area contributed by atoms with Gasteiger partial charge in [0.05, 0.1) is 6.54 Å². The van der Waals surface area contributed by atoms with Gasteiger partial charge >= 0.3 is 18.0 Å². The molecule has 1 aliphatic rings. The summed E-state index contributed by atoms with van der Waals surface area (Å²) in [7, 11) is 0. The van der Waals surface area contributed by atoms with Gasteiger partial charge in [0, 0.05) is 5.92 Å². The number of amides is 1. The molecule has 2 aromatic carbocycles. The zero-order valence-corrected chi connectivity index (χ0v) is 18.5. The Kier molecular flexibility index (Phi) is 6.31. The van der Waals surface area contributed by atoms with E-state index in [9.17, 15) is 24.8 Å². The molecule has 4 rings (SSSR count). The van der Waals surface area contributed by atoms with Gasteiger partial charge in [0.2, 0.25) is 0 Å². The van der Waals surface area contributed by atoms with Crippen molar-refractivity contribution in [3.63, 3.8) is 0 Å². The van der Waals surface area contributed by atoms with Crippen molar-refractivity contribution in [2.45, 2.75) is 37.8 Å². The minimum absolute atomic E-state index is 0.0435. The van der Waals surface area contributed by atoms with Crippen LogP contribution in [0.5, 0.6) is 0 Å². The molecular formula is C24H24N4O6. The fourth-order valence-electron chi connectivity index (χ4n) is 4.33. The molecule has 0 radical (unpaired) electrons. The summed E-state index contributed by atoms with van der Waals surface area (Å²) >= 11 is 0. The maximum Gasteiger partial charge on any atom is 0.434 e. The van der Waals surface area contributed by atoms with E-state index in [1.807, 2.05) is 48.5 Å². The summed E-state index contributed by atoms with van der Waals surface area (Å²) in [6.07, 6.45) is 2.24. The molecule has 34 heavy (non-hydrogen) atoms. The Labute approximate surface area is 195 Å². The number of aromatic nitrogens is 2. The smallest absolute Gasteiger partial charge is 0.434 e. The lowest BCUT2D eigenvalue weighted by Crippen LogP contribution is -2.52. The van der Waals surface area contributed by atoms with Crippen molar-refractivity contribution in [1.29, 1.82) is 0 Å². The molecular weight excluding hydrogens is 440 g/mol. The number of benzene rings is 2. The number of rotatable bonds is 9. The van der Waals surface area contributed by atoms with Gasteiger partial charge in [-0.1, -0.05) is 53.5 Å². The molecule has 10 nitrogen and oxygen atoms in total. The van der Waals surface area contributed by atoms with Crippen molar-refractivity contribution in [1.82, 2.24) is 14.9 Å². The number of nitrogens with zero attached hydrogens (tertiary/aromatic N) is 3. The first-order valence-electron chi connectivity index (χ1n) is 10.8. The highest BCUT2D eigenvalue weighted by Crippen LogP contribution is 2.44. The minimum atomic E-state index is -1.60. The average Bonchev–Trinajstić information content (AvgIpc) is 3.40. The van der Waals surface area contributed by atoms with Gasteiger partial charge < -0.3 is 25.3 Å². The number of aliphatic carboxylic acids is 1. The number of hydrogen-bond acceptors (Lipinski definition) is 6. The number of ether oxygens (including phenoxy) is 1. The van der Waals surface area contributed by atoms with E-state index < -0.39 is 22.5 Å². The van der Waals surface area contributed by atoms with Gasteiger partial charge in [-0.05, 0) is 46.9 Å². The predicted molar refractivity (Wildman–Crippen MR) is 122 cm³/mol. The lowest BCUT2D eigenvalue weighted by atomic mass is 9.96. The molecule has 0 fully saturated rings. The Bertz CT molecular complexity index is 1190. The van der Waals surface area contributed by atoms with Crippen molar-refractivity contribution in [2.75, 3.05) is 6.61 Å². The maximum absolute atomic E-state index is 12.6. The van der Waals surface area contributed by atoms with Crippen LogP contribution in [0.4, 0.5) is 10.7 Å². The summed E-state index contributed by atoms with van der Waals surface area (Å²) in [5.41, 5.74) is 2.70. The first-order chi connectivity index (χ1) is 16.3. The molecule has 3 aromatic rings. The Morgan fingerprint density at radius 2 is 1.79 bits per heavy atom. The number of carboxylic acids is 1. The monoisotopic (exact) mass is 464 g/mol. The molecule has 1 aromatic heterocycles. The molecule has 176 valence electrons. The normalized spacial score (nSPS) is 14.0. The Morgan fingerprint density at radius 3 is 2.38 bits per heavy atom. The van der Waals surface area contributed by atoms with Crippen LogP contribution in [0.15, 0.2) is 60.9 Å². The third-order valence-electron chi connectivity index (χ3n) is 6.13. The number of carbonyl (C=O) groups excluding carboxylic acids is 1. The molecule has 0 unspecified atom stereocenters. The van der Waals surface area contributed by atoms with E-state index in [2.05, 4.69) is 10.3 Å². The third kappa shape index (κ3) is 4.47. The van der Waals surface area contributed by atoms with Crippen LogP contribution in [-0.2, 0) is 16.1 Å². The zero-order chi connectivity index (χ0) is 24.3. The molecule has 1 amide bonds. The first-order valence-corrected chi connectivity index (χ1v) is 10.8. The van der Waals surface area contributed by atoms with Crippen molar-refractivity contribution in [3.05, 3.63) is 82.2 Å². The van der Waals surface area contributed by atoms with E-state index in [4.69, 9.17) is 4.74 Å². The van der Waals surface area contributed by atoms with E-state index in [0.717, 1.165) is 22.3 Å². The van der Waals surface area contributed by atoms with Crippen molar-refractivity contribution in [2.24, 2.45) is 0 Å². The second-order valence-corrected chi connectivity index (χ2v) is 8.37. The van der Waals surface area contributed by atoms with Crippen LogP contribution in [0.25, 0.3) is 11.1 Å². The molecule has 10 heteroatoms. The van der Waals surface area contributed by atoms with Crippen molar-refractivity contribution in [3.8, 4) is 11.1 Å². The van der Waals surface area contributed by atoms with Gasteiger partial charge in [0.15, 0.2) is 0 Å². The summed E-state index contributed by atoms with van der Waals surface area (Å²) in [4.78, 5) is 38.5. The van der Waals surface area contributed by atoms with E-state index in [-0.39, 0.29) is 37.9 Å². The highest BCUT2D eigenvalue weighted by atomic mass is 16.6. The first kappa shape index (κ1) is 23.0. The standard InChI is InChI=1S/C24H24N4O6/c1-24(21(29)30,11-6-13-27-14-12-25-22(27)28(32)33)26-23(31)34-15-20-18-9-4-2-7-16(18)17-8-3-5-10-19(17)20/h2-5,7-10,12,14,20H,6,11,13,15H2,1H3,(H,26,31)(H,29,30)/t24-/m0/s1.